The van der Waals surface area contributed by atoms with E-state index in [9.17, 15) is 0 Å². The SMILES string of the molecule is COc1cc(Nc2cccc3c2nc(C)n3C)ccc1-n1cnc(C)c1. The van der Waals surface area contributed by atoms with E-state index in [1.54, 1.807) is 13.4 Å². The quantitative estimate of drug-likeness (QED) is 0.603. The zero-order valence-electron chi connectivity index (χ0n) is 15.3. The third-order valence-electron chi connectivity index (χ3n) is 4.58. The Morgan fingerprint density at radius 3 is 2.69 bits per heavy atom. The molecule has 0 atom stereocenters. The predicted molar refractivity (Wildman–Crippen MR) is 104 cm³/mol. The monoisotopic (exact) mass is 347 g/mol. The summed E-state index contributed by atoms with van der Waals surface area (Å²) >= 11 is 0. The second-order valence-electron chi connectivity index (χ2n) is 6.33. The first kappa shape index (κ1) is 16.2. The van der Waals surface area contributed by atoms with Crippen LogP contribution in [0.1, 0.15) is 11.5 Å². The van der Waals surface area contributed by atoms with E-state index in [2.05, 4.69) is 25.9 Å². The number of aryl methyl sites for hydroxylation is 3. The third-order valence-corrected chi connectivity index (χ3v) is 4.58. The number of benzene rings is 2. The van der Waals surface area contributed by atoms with Gasteiger partial charge in [0.15, 0.2) is 0 Å². The highest BCUT2D eigenvalue weighted by molar-refractivity contribution is 5.91. The van der Waals surface area contributed by atoms with Gasteiger partial charge in [-0.25, -0.2) is 9.97 Å². The fourth-order valence-electron chi connectivity index (χ4n) is 3.11. The van der Waals surface area contributed by atoms with Crippen LogP contribution in [-0.2, 0) is 7.05 Å². The lowest BCUT2D eigenvalue weighted by atomic mass is 10.2. The van der Waals surface area contributed by atoms with Crippen LogP contribution in [0.15, 0.2) is 48.9 Å². The molecule has 0 amide bonds. The van der Waals surface area contributed by atoms with Gasteiger partial charge in [-0.3, -0.25) is 0 Å². The molecule has 2 aromatic heterocycles. The van der Waals surface area contributed by atoms with Gasteiger partial charge < -0.3 is 19.2 Å². The summed E-state index contributed by atoms with van der Waals surface area (Å²) in [6.45, 7) is 3.98. The average Bonchev–Trinajstić information content (AvgIpc) is 3.20. The maximum Gasteiger partial charge on any atom is 0.144 e. The van der Waals surface area contributed by atoms with Crippen LogP contribution >= 0.6 is 0 Å². The van der Waals surface area contributed by atoms with Gasteiger partial charge in [0.1, 0.15) is 17.1 Å². The van der Waals surface area contributed by atoms with Crippen molar-refractivity contribution < 1.29 is 4.74 Å². The Kier molecular flexibility index (Phi) is 3.88. The number of aromatic nitrogens is 4. The third kappa shape index (κ3) is 2.69. The maximum absolute atomic E-state index is 5.59. The molecule has 0 unspecified atom stereocenters. The van der Waals surface area contributed by atoms with E-state index in [0.29, 0.717) is 0 Å². The van der Waals surface area contributed by atoms with Crippen molar-refractivity contribution in [2.75, 3.05) is 12.4 Å². The first-order valence-electron chi connectivity index (χ1n) is 8.45. The molecule has 6 nitrogen and oxygen atoms in total. The summed E-state index contributed by atoms with van der Waals surface area (Å²) in [5, 5.41) is 3.47. The highest BCUT2D eigenvalue weighted by Gasteiger charge is 2.11. The molecule has 2 aromatic carbocycles. The van der Waals surface area contributed by atoms with E-state index in [1.165, 1.54) is 0 Å². The van der Waals surface area contributed by atoms with Crippen LogP contribution in [0, 0.1) is 13.8 Å². The Hall–Kier alpha value is -3.28. The minimum atomic E-state index is 0.775. The highest BCUT2D eigenvalue weighted by atomic mass is 16.5. The minimum absolute atomic E-state index is 0.775. The molecule has 132 valence electrons. The number of nitrogens with one attached hydrogen (secondary N) is 1. The molecule has 2 heterocycles. The molecule has 0 spiro atoms. The first-order valence-corrected chi connectivity index (χ1v) is 8.45. The maximum atomic E-state index is 5.59. The van der Waals surface area contributed by atoms with Gasteiger partial charge in [0.05, 0.1) is 36.0 Å². The van der Waals surface area contributed by atoms with Crippen molar-refractivity contribution in [1.29, 1.82) is 0 Å². The molecule has 0 aliphatic rings. The number of para-hydroxylation sites is 1. The lowest BCUT2D eigenvalue weighted by Crippen LogP contribution is -1.98. The Morgan fingerprint density at radius 2 is 1.96 bits per heavy atom. The second kappa shape index (κ2) is 6.22. The molecule has 0 radical (unpaired) electrons. The summed E-state index contributed by atoms with van der Waals surface area (Å²) in [5.41, 5.74) is 5.89. The van der Waals surface area contributed by atoms with Gasteiger partial charge in [-0.05, 0) is 38.1 Å². The van der Waals surface area contributed by atoms with Crippen molar-refractivity contribution >= 4 is 22.4 Å². The number of imidazole rings is 2. The largest absolute Gasteiger partial charge is 0.494 e. The smallest absolute Gasteiger partial charge is 0.144 e. The van der Waals surface area contributed by atoms with Gasteiger partial charge in [-0.1, -0.05) is 6.07 Å². The summed E-state index contributed by atoms with van der Waals surface area (Å²) in [4.78, 5) is 8.96. The number of fused-ring (bicyclic) bond motifs is 1. The predicted octanol–water partition coefficient (Wildman–Crippen LogP) is 4.13. The first-order chi connectivity index (χ1) is 12.6. The zero-order valence-corrected chi connectivity index (χ0v) is 15.3. The van der Waals surface area contributed by atoms with Crippen LogP contribution in [0.3, 0.4) is 0 Å². The highest BCUT2D eigenvalue weighted by Crippen LogP contribution is 2.31. The molecule has 0 aliphatic heterocycles. The van der Waals surface area contributed by atoms with Gasteiger partial charge in [0.2, 0.25) is 0 Å². The standard InChI is InChI=1S/C20H21N5O/c1-13-11-25(12-21-13)17-9-8-15(10-19(17)26-4)23-16-6-5-7-18-20(16)22-14(2)24(18)3/h5-12,23H,1-4H3. The van der Waals surface area contributed by atoms with Crippen molar-refractivity contribution in [3.8, 4) is 11.4 Å². The van der Waals surface area contributed by atoms with Gasteiger partial charge in [-0.2, -0.15) is 0 Å². The normalized spacial score (nSPS) is 11.1. The molecule has 6 heteroatoms. The number of ether oxygens (including phenoxy) is 1. The average molecular weight is 347 g/mol. The Labute approximate surface area is 152 Å². The Bertz CT molecular complexity index is 1090. The second-order valence-corrected chi connectivity index (χ2v) is 6.33. The van der Waals surface area contributed by atoms with Crippen molar-refractivity contribution in [3.63, 3.8) is 0 Å². The van der Waals surface area contributed by atoms with Gasteiger partial charge in [-0.15, -0.1) is 0 Å². The lowest BCUT2D eigenvalue weighted by molar-refractivity contribution is 0.413. The van der Waals surface area contributed by atoms with Crippen molar-refractivity contribution in [2.24, 2.45) is 7.05 Å². The lowest BCUT2D eigenvalue weighted by Gasteiger charge is -2.13. The number of hydrogen-bond donors (Lipinski definition) is 1. The van der Waals surface area contributed by atoms with E-state index in [1.807, 2.05) is 62.0 Å². The number of hydrogen-bond acceptors (Lipinski definition) is 4. The van der Waals surface area contributed by atoms with E-state index in [-0.39, 0.29) is 0 Å². The number of methoxy groups -OCH3 is 1. The fraction of sp³-hybridized carbons (Fsp3) is 0.200. The molecule has 0 fully saturated rings. The molecule has 1 N–H and O–H groups in total. The van der Waals surface area contributed by atoms with E-state index < -0.39 is 0 Å². The number of rotatable bonds is 4. The number of anilines is 2. The molecule has 0 saturated carbocycles. The van der Waals surface area contributed by atoms with Crippen molar-refractivity contribution in [2.45, 2.75) is 13.8 Å². The van der Waals surface area contributed by atoms with Crippen LogP contribution in [0.4, 0.5) is 11.4 Å². The van der Waals surface area contributed by atoms with Gasteiger partial charge >= 0.3 is 0 Å². The van der Waals surface area contributed by atoms with E-state index in [0.717, 1.165) is 45.4 Å². The topological polar surface area (TPSA) is 56.9 Å². The van der Waals surface area contributed by atoms with E-state index >= 15 is 0 Å². The Morgan fingerprint density at radius 1 is 1.12 bits per heavy atom. The molecule has 26 heavy (non-hydrogen) atoms. The van der Waals surface area contributed by atoms with E-state index in [4.69, 9.17) is 4.74 Å². The molecule has 0 bridgehead atoms. The molecule has 4 rings (SSSR count). The Balaban J connectivity index is 1.72. The summed E-state index contributed by atoms with van der Waals surface area (Å²) in [7, 11) is 3.70. The summed E-state index contributed by atoms with van der Waals surface area (Å²) in [5.74, 6) is 1.76. The number of nitrogens with zero attached hydrogens (tertiary/aromatic N) is 4. The molecule has 0 saturated heterocycles. The molecule has 4 aromatic rings. The van der Waals surface area contributed by atoms with Crippen LogP contribution in [-0.4, -0.2) is 26.2 Å². The van der Waals surface area contributed by atoms with Crippen molar-refractivity contribution in [1.82, 2.24) is 19.1 Å². The minimum Gasteiger partial charge on any atom is -0.494 e. The van der Waals surface area contributed by atoms with Crippen LogP contribution in [0.25, 0.3) is 16.7 Å². The van der Waals surface area contributed by atoms with Crippen LogP contribution < -0.4 is 10.1 Å². The summed E-state index contributed by atoms with van der Waals surface area (Å²) < 4.78 is 9.64. The molecular formula is C20H21N5O. The van der Waals surface area contributed by atoms with Gasteiger partial charge in [0, 0.05) is 25.0 Å². The van der Waals surface area contributed by atoms with Crippen molar-refractivity contribution in [3.05, 3.63) is 60.4 Å². The van der Waals surface area contributed by atoms with Gasteiger partial charge in [0.25, 0.3) is 0 Å². The zero-order chi connectivity index (χ0) is 18.3. The summed E-state index contributed by atoms with van der Waals surface area (Å²) in [6, 6.07) is 12.2. The van der Waals surface area contributed by atoms with Crippen LogP contribution in [0.5, 0.6) is 5.75 Å². The molecule has 0 aliphatic carbocycles. The fourth-order valence-corrected chi connectivity index (χ4v) is 3.11. The van der Waals surface area contributed by atoms with Crippen LogP contribution in [0.2, 0.25) is 0 Å². The molecular weight excluding hydrogens is 326 g/mol. The summed E-state index contributed by atoms with van der Waals surface area (Å²) in [6.07, 6.45) is 3.76.